The largest absolute Gasteiger partial charge is 0.486 e. The van der Waals surface area contributed by atoms with Gasteiger partial charge in [0.1, 0.15) is 11.4 Å². The van der Waals surface area contributed by atoms with Crippen LogP contribution in [0, 0.1) is 0 Å². The minimum absolute atomic E-state index is 0.0120. The van der Waals surface area contributed by atoms with Gasteiger partial charge in [-0.1, -0.05) is 45.0 Å². The first-order valence-electron chi connectivity index (χ1n) is 10.2. The van der Waals surface area contributed by atoms with Crippen LogP contribution in [0.15, 0.2) is 48.5 Å². The maximum absolute atomic E-state index is 12.9. The monoisotopic (exact) mass is 392 g/mol. The van der Waals surface area contributed by atoms with E-state index in [0.717, 1.165) is 11.3 Å². The number of hydrogen-bond donors (Lipinski definition) is 1. The molecule has 1 N–H and O–H groups in total. The summed E-state index contributed by atoms with van der Waals surface area (Å²) in [5.74, 6) is 0.816. The molecule has 0 atom stereocenters. The van der Waals surface area contributed by atoms with Gasteiger partial charge in [0.2, 0.25) is 0 Å². The lowest BCUT2D eigenvalue weighted by Crippen LogP contribution is -2.53. The molecule has 1 fully saturated rings. The second kappa shape index (κ2) is 7.21. The minimum atomic E-state index is -0.503. The van der Waals surface area contributed by atoms with E-state index in [4.69, 9.17) is 4.74 Å². The number of rotatable bonds is 1. The number of carbonyl (C=O) groups excluding carboxylic acids is 2. The number of ketones is 1. The van der Waals surface area contributed by atoms with Crippen LogP contribution < -0.4 is 10.1 Å². The number of Topliss-reactive ketones (excluding diaryl/α,β-unsaturated/α-hetero) is 1. The third-order valence-corrected chi connectivity index (χ3v) is 5.94. The number of amides is 2. The summed E-state index contributed by atoms with van der Waals surface area (Å²) in [6.07, 6.45) is 1.69. The molecule has 2 aliphatic heterocycles. The van der Waals surface area contributed by atoms with Crippen LogP contribution >= 0.6 is 0 Å². The van der Waals surface area contributed by atoms with Crippen LogP contribution in [0.5, 0.6) is 5.75 Å². The van der Waals surface area contributed by atoms with E-state index in [0.29, 0.717) is 43.7 Å². The molecule has 29 heavy (non-hydrogen) atoms. The fraction of sp³-hybridized carbons (Fsp3) is 0.417. The van der Waals surface area contributed by atoms with Crippen LogP contribution in [0.25, 0.3) is 0 Å². The van der Waals surface area contributed by atoms with Crippen molar-refractivity contribution in [3.8, 4) is 5.75 Å². The molecule has 0 aromatic heterocycles. The molecule has 0 saturated carbocycles. The average Bonchev–Trinajstić information content (AvgIpc) is 2.68. The Balaban J connectivity index is 1.44. The van der Waals surface area contributed by atoms with Crippen molar-refractivity contribution in [3.63, 3.8) is 0 Å². The molecule has 0 aliphatic carbocycles. The molecule has 2 aromatic rings. The van der Waals surface area contributed by atoms with Crippen molar-refractivity contribution in [3.05, 3.63) is 59.7 Å². The lowest BCUT2D eigenvalue weighted by atomic mass is 9.80. The number of piperidine rings is 1. The summed E-state index contributed by atoms with van der Waals surface area (Å²) in [7, 11) is 0. The van der Waals surface area contributed by atoms with Crippen LogP contribution in [0.3, 0.4) is 0 Å². The Hall–Kier alpha value is -2.82. The third-order valence-electron chi connectivity index (χ3n) is 5.94. The summed E-state index contributed by atoms with van der Waals surface area (Å²) >= 11 is 0. The smallest absolute Gasteiger partial charge is 0.321 e. The van der Waals surface area contributed by atoms with Gasteiger partial charge in [0.15, 0.2) is 5.78 Å². The zero-order valence-corrected chi connectivity index (χ0v) is 17.3. The van der Waals surface area contributed by atoms with Crippen LogP contribution in [0.4, 0.5) is 10.5 Å². The molecule has 0 radical (unpaired) electrons. The number of carbonyl (C=O) groups is 2. The molecular formula is C24H28N2O3. The number of anilines is 1. The first-order chi connectivity index (χ1) is 13.8. The number of fused-ring (bicyclic) bond motifs is 1. The number of benzene rings is 2. The van der Waals surface area contributed by atoms with Crippen molar-refractivity contribution in [2.24, 2.45) is 0 Å². The SMILES string of the molecule is CC(C)(C)c1ccc2c(c1)C(=O)CC1(CCN(C(=O)Nc3ccccc3)CC1)O2. The Morgan fingerprint density at radius 1 is 1.07 bits per heavy atom. The Labute approximate surface area is 172 Å². The Morgan fingerprint density at radius 2 is 1.76 bits per heavy atom. The van der Waals surface area contributed by atoms with Crippen molar-refractivity contribution >= 4 is 17.5 Å². The molecule has 152 valence electrons. The molecule has 0 bridgehead atoms. The Morgan fingerprint density at radius 3 is 2.41 bits per heavy atom. The zero-order chi connectivity index (χ0) is 20.6. The number of ether oxygens (including phenoxy) is 1. The Bertz CT molecular complexity index is 923. The molecule has 0 unspecified atom stereocenters. The molecule has 2 aromatic carbocycles. The molecule has 2 aliphatic rings. The molecule has 2 amide bonds. The lowest BCUT2D eigenvalue weighted by molar-refractivity contribution is 0.000351. The summed E-state index contributed by atoms with van der Waals surface area (Å²) < 4.78 is 6.37. The molecule has 5 heteroatoms. The number of para-hydroxylation sites is 1. The maximum atomic E-state index is 12.9. The van der Waals surface area contributed by atoms with Crippen LogP contribution in [-0.2, 0) is 5.41 Å². The first-order valence-corrected chi connectivity index (χ1v) is 10.2. The second-order valence-corrected chi connectivity index (χ2v) is 9.13. The second-order valence-electron chi connectivity index (χ2n) is 9.13. The third kappa shape index (κ3) is 4.00. The van der Waals surface area contributed by atoms with Gasteiger partial charge in [0.05, 0.1) is 12.0 Å². The van der Waals surface area contributed by atoms with E-state index in [-0.39, 0.29) is 17.2 Å². The van der Waals surface area contributed by atoms with E-state index < -0.39 is 5.60 Å². The van der Waals surface area contributed by atoms with E-state index in [9.17, 15) is 9.59 Å². The standard InChI is InChI=1S/C24H28N2O3/c1-23(2,3)17-9-10-21-19(15-17)20(27)16-24(29-21)11-13-26(14-12-24)22(28)25-18-7-5-4-6-8-18/h4-10,15H,11-14,16H2,1-3H3,(H,25,28). The van der Waals surface area contributed by atoms with Crippen LogP contribution in [-0.4, -0.2) is 35.4 Å². The Kier molecular flexibility index (Phi) is 4.85. The first kappa shape index (κ1) is 19.5. The van der Waals surface area contributed by atoms with E-state index in [2.05, 4.69) is 26.1 Å². The highest BCUT2D eigenvalue weighted by molar-refractivity contribution is 6.00. The van der Waals surface area contributed by atoms with Crippen molar-refractivity contribution in [1.29, 1.82) is 0 Å². The zero-order valence-electron chi connectivity index (χ0n) is 17.3. The van der Waals surface area contributed by atoms with Gasteiger partial charge < -0.3 is 15.0 Å². The van der Waals surface area contributed by atoms with Crippen molar-refractivity contribution in [2.75, 3.05) is 18.4 Å². The van der Waals surface area contributed by atoms with Gasteiger partial charge in [-0.15, -0.1) is 0 Å². The van der Waals surface area contributed by atoms with E-state index in [1.54, 1.807) is 4.90 Å². The van der Waals surface area contributed by atoms with E-state index in [1.165, 1.54) is 0 Å². The predicted molar refractivity (Wildman–Crippen MR) is 114 cm³/mol. The molecule has 4 rings (SSSR count). The van der Waals surface area contributed by atoms with Gasteiger partial charge in [-0.2, -0.15) is 0 Å². The average molecular weight is 392 g/mol. The van der Waals surface area contributed by atoms with Crippen molar-refractivity contribution in [2.45, 2.75) is 51.0 Å². The fourth-order valence-corrected chi connectivity index (χ4v) is 4.08. The normalized spacial score (nSPS) is 18.2. The summed E-state index contributed by atoms with van der Waals surface area (Å²) in [6, 6.07) is 15.3. The van der Waals surface area contributed by atoms with Crippen LogP contribution in [0.2, 0.25) is 0 Å². The number of nitrogens with zero attached hydrogens (tertiary/aromatic N) is 1. The fourth-order valence-electron chi connectivity index (χ4n) is 4.08. The van der Waals surface area contributed by atoms with Crippen molar-refractivity contribution < 1.29 is 14.3 Å². The minimum Gasteiger partial charge on any atom is -0.486 e. The van der Waals surface area contributed by atoms with Crippen LogP contribution in [0.1, 0.15) is 56.0 Å². The molecular weight excluding hydrogens is 364 g/mol. The number of urea groups is 1. The predicted octanol–water partition coefficient (Wildman–Crippen LogP) is 5.02. The summed E-state index contributed by atoms with van der Waals surface area (Å²) in [5, 5.41) is 2.93. The molecule has 1 spiro atoms. The number of hydrogen-bond acceptors (Lipinski definition) is 3. The quantitative estimate of drug-likeness (QED) is 0.742. The lowest BCUT2D eigenvalue weighted by Gasteiger charge is -2.44. The van der Waals surface area contributed by atoms with Gasteiger partial charge in [-0.05, 0) is 35.2 Å². The molecule has 5 nitrogen and oxygen atoms in total. The van der Waals surface area contributed by atoms with E-state index in [1.807, 2.05) is 48.5 Å². The highest BCUT2D eigenvalue weighted by atomic mass is 16.5. The number of nitrogens with one attached hydrogen (secondary N) is 1. The summed E-state index contributed by atoms with van der Waals surface area (Å²) in [5.41, 5.74) is 2.09. The van der Waals surface area contributed by atoms with Gasteiger partial charge in [-0.3, -0.25) is 4.79 Å². The van der Waals surface area contributed by atoms with Crippen molar-refractivity contribution in [1.82, 2.24) is 4.90 Å². The summed E-state index contributed by atoms with van der Waals surface area (Å²) in [4.78, 5) is 27.3. The highest BCUT2D eigenvalue weighted by Crippen LogP contribution is 2.40. The van der Waals surface area contributed by atoms with Gasteiger partial charge >= 0.3 is 6.03 Å². The topological polar surface area (TPSA) is 58.6 Å². The number of likely N-dealkylation sites (tertiary alicyclic amines) is 1. The van der Waals surface area contributed by atoms with Gasteiger partial charge in [-0.25, -0.2) is 4.79 Å². The van der Waals surface area contributed by atoms with E-state index >= 15 is 0 Å². The maximum Gasteiger partial charge on any atom is 0.321 e. The highest BCUT2D eigenvalue weighted by Gasteiger charge is 2.44. The summed E-state index contributed by atoms with van der Waals surface area (Å²) in [6.45, 7) is 7.56. The molecule has 1 saturated heterocycles. The van der Waals surface area contributed by atoms with Gasteiger partial charge in [0, 0.05) is 31.6 Å². The van der Waals surface area contributed by atoms with Gasteiger partial charge in [0.25, 0.3) is 0 Å². The molecule has 2 heterocycles.